The first kappa shape index (κ1) is 15.3. The van der Waals surface area contributed by atoms with Gasteiger partial charge in [-0.3, -0.25) is 9.59 Å². The predicted octanol–water partition coefficient (Wildman–Crippen LogP) is 2.47. The third-order valence-corrected chi connectivity index (χ3v) is 3.99. The summed E-state index contributed by atoms with van der Waals surface area (Å²) >= 11 is 0. The zero-order valence-electron chi connectivity index (χ0n) is 13.0. The lowest BCUT2D eigenvalue weighted by Gasteiger charge is -2.31. The number of likely N-dealkylation sites (tertiary alicyclic amines) is 1. The average Bonchev–Trinajstić information content (AvgIpc) is 3.09. The first-order valence-electron chi connectivity index (χ1n) is 7.69. The van der Waals surface area contributed by atoms with Gasteiger partial charge in [-0.1, -0.05) is 6.07 Å². The summed E-state index contributed by atoms with van der Waals surface area (Å²) in [5.74, 6) is 0.146. The van der Waals surface area contributed by atoms with Crippen LogP contribution in [0.4, 0.5) is 5.82 Å². The Morgan fingerprint density at radius 1 is 1.35 bits per heavy atom. The van der Waals surface area contributed by atoms with Crippen molar-refractivity contribution in [2.45, 2.75) is 19.8 Å². The fourth-order valence-corrected chi connectivity index (χ4v) is 2.79. The van der Waals surface area contributed by atoms with Gasteiger partial charge in [0.25, 0.3) is 5.91 Å². The molecule has 1 N–H and O–H groups in total. The molecular formula is C17H19N3O3. The van der Waals surface area contributed by atoms with Gasteiger partial charge in [0.15, 0.2) is 0 Å². The number of piperidine rings is 1. The van der Waals surface area contributed by atoms with Crippen molar-refractivity contribution in [2.75, 3.05) is 18.4 Å². The lowest BCUT2D eigenvalue weighted by molar-refractivity contribution is -0.121. The molecule has 0 aliphatic carbocycles. The van der Waals surface area contributed by atoms with E-state index >= 15 is 0 Å². The second-order valence-electron chi connectivity index (χ2n) is 5.76. The van der Waals surface area contributed by atoms with Crippen LogP contribution in [0.1, 0.15) is 28.9 Å². The summed E-state index contributed by atoms with van der Waals surface area (Å²) in [6.07, 6.45) is 4.49. The highest BCUT2D eigenvalue weighted by atomic mass is 16.3. The van der Waals surface area contributed by atoms with Crippen molar-refractivity contribution < 1.29 is 14.0 Å². The maximum Gasteiger partial charge on any atom is 0.257 e. The van der Waals surface area contributed by atoms with Gasteiger partial charge in [0.2, 0.25) is 5.91 Å². The van der Waals surface area contributed by atoms with E-state index in [1.165, 1.54) is 12.5 Å². The van der Waals surface area contributed by atoms with E-state index in [-0.39, 0.29) is 17.7 Å². The van der Waals surface area contributed by atoms with Crippen molar-refractivity contribution in [1.29, 1.82) is 0 Å². The molecule has 1 saturated heterocycles. The number of hydrogen-bond donors (Lipinski definition) is 1. The van der Waals surface area contributed by atoms with Gasteiger partial charge in [-0.15, -0.1) is 0 Å². The Balaban J connectivity index is 1.64. The van der Waals surface area contributed by atoms with Gasteiger partial charge >= 0.3 is 0 Å². The van der Waals surface area contributed by atoms with Crippen LogP contribution in [0.25, 0.3) is 0 Å². The first-order chi connectivity index (χ1) is 11.1. The molecule has 1 aliphatic rings. The van der Waals surface area contributed by atoms with Crippen LogP contribution in [-0.2, 0) is 4.79 Å². The number of furan rings is 1. The summed E-state index contributed by atoms with van der Waals surface area (Å²) in [6.45, 7) is 2.96. The minimum absolute atomic E-state index is 0.0900. The van der Waals surface area contributed by atoms with Gasteiger partial charge in [-0.05, 0) is 38.0 Å². The quantitative estimate of drug-likeness (QED) is 0.944. The number of nitrogens with one attached hydrogen (secondary N) is 1. The Bertz CT molecular complexity index is 697. The molecule has 0 aromatic carbocycles. The average molecular weight is 313 g/mol. The number of aryl methyl sites for hydroxylation is 1. The molecule has 0 radical (unpaired) electrons. The fraction of sp³-hybridized carbons (Fsp3) is 0.353. The predicted molar refractivity (Wildman–Crippen MR) is 84.9 cm³/mol. The van der Waals surface area contributed by atoms with Crippen molar-refractivity contribution in [3.63, 3.8) is 0 Å². The third kappa shape index (κ3) is 3.59. The second-order valence-corrected chi connectivity index (χ2v) is 5.76. The van der Waals surface area contributed by atoms with Crippen molar-refractivity contribution >= 4 is 17.6 Å². The highest BCUT2D eigenvalue weighted by molar-refractivity contribution is 5.95. The van der Waals surface area contributed by atoms with Gasteiger partial charge in [-0.25, -0.2) is 4.98 Å². The number of aromatic nitrogens is 1. The second kappa shape index (κ2) is 6.64. The smallest absolute Gasteiger partial charge is 0.257 e. The van der Waals surface area contributed by atoms with E-state index < -0.39 is 0 Å². The molecule has 1 atom stereocenters. The maximum absolute atomic E-state index is 12.4. The van der Waals surface area contributed by atoms with E-state index in [0.29, 0.717) is 24.5 Å². The number of nitrogens with zero attached hydrogens (tertiary/aromatic N) is 2. The lowest BCUT2D eigenvalue weighted by Crippen LogP contribution is -2.43. The minimum atomic E-state index is -0.220. The third-order valence-electron chi connectivity index (χ3n) is 3.99. The van der Waals surface area contributed by atoms with Gasteiger partial charge in [0.1, 0.15) is 12.1 Å². The summed E-state index contributed by atoms with van der Waals surface area (Å²) in [5, 5.41) is 2.84. The number of rotatable bonds is 3. The molecule has 0 saturated carbocycles. The van der Waals surface area contributed by atoms with Crippen LogP contribution in [0.2, 0.25) is 0 Å². The lowest BCUT2D eigenvalue weighted by atomic mass is 9.96. The summed E-state index contributed by atoms with van der Waals surface area (Å²) < 4.78 is 4.96. The highest BCUT2D eigenvalue weighted by Gasteiger charge is 2.29. The molecule has 120 valence electrons. The summed E-state index contributed by atoms with van der Waals surface area (Å²) in [7, 11) is 0. The number of pyridine rings is 1. The van der Waals surface area contributed by atoms with Crippen LogP contribution in [0.3, 0.4) is 0 Å². The Morgan fingerprint density at radius 2 is 2.22 bits per heavy atom. The summed E-state index contributed by atoms with van der Waals surface area (Å²) in [4.78, 5) is 30.8. The molecule has 6 nitrogen and oxygen atoms in total. The van der Waals surface area contributed by atoms with E-state index in [1.807, 2.05) is 19.1 Å². The normalized spacial score (nSPS) is 17.8. The van der Waals surface area contributed by atoms with Gasteiger partial charge in [0.05, 0.1) is 17.7 Å². The molecule has 6 heteroatoms. The van der Waals surface area contributed by atoms with Gasteiger partial charge in [-0.2, -0.15) is 0 Å². The Labute approximate surface area is 134 Å². The van der Waals surface area contributed by atoms with Crippen LogP contribution < -0.4 is 5.32 Å². The van der Waals surface area contributed by atoms with Crippen LogP contribution in [-0.4, -0.2) is 34.8 Å². The minimum Gasteiger partial charge on any atom is -0.472 e. The molecule has 2 aromatic heterocycles. The Morgan fingerprint density at radius 3 is 2.96 bits per heavy atom. The number of carbonyl (C=O) groups is 2. The molecule has 1 fully saturated rings. The molecular weight excluding hydrogens is 294 g/mol. The number of hydrogen-bond acceptors (Lipinski definition) is 4. The molecule has 23 heavy (non-hydrogen) atoms. The molecule has 2 aromatic rings. The van der Waals surface area contributed by atoms with Crippen molar-refractivity contribution in [1.82, 2.24) is 9.88 Å². The SMILES string of the molecule is Cc1cccc(NC(=O)C2CCCN(C(=O)c3ccoc3)C2)n1. The van der Waals surface area contributed by atoms with E-state index in [0.717, 1.165) is 18.5 Å². The highest BCUT2D eigenvalue weighted by Crippen LogP contribution is 2.20. The zero-order valence-corrected chi connectivity index (χ0v) is 13.0. The standard InChI is InChI=1S/C17H19N3O3/c1-12-4-2-6-15(18-12)19-16(21)13-5-3-8-20(10-13)17(22)14-7-9-23-11-14/h2,4,6-7,9,11,13H,3,5,8,10H2,1H3,(H,18,19,21). The molecule has 3 rings (SSSR count). The Hall–Kier alpha value is -2.63. The van der Waals surface area contributed by atoms with Crippen molar-refractivity contribution in [3.05, 3.63) is 48.0 Å². The molecule has 2 amide bonds. The van der Waals surface area contributed by atoms with E-state index in [9.17, 15) is 9.59 Å². The van der Waals surface area contributed by atoms with Gasteiger partial charge < -0.3 is 14.6 Å². The van der Waals surface area contributed by atoms with Crippen LogP contribution in [0.15, 0.2) is 41.2 Å². The van der Waals surface area contributed by atoms with Crippen molar-refractivity contribution in [2.24, 2.45) is 5.92 Å². The monoisotopic (exact) mass is 313 g/mol. The van der Waals surface area contributed by atoms with Crippen LogP contribution in [0, 0.1) is 12.8 Å². The Kier molecular flexibility index (Phi) is 4.41. The first-order valence-corrected chi connectivity index (χ1v) is 7.69. The molecule has 1 aliphatic heterocycles. The topological polar surface area (TPSA) is 75.4 Å². The van der Waals surface area contributed by atoms with E-state index in [2.05, 4.69) is 10.3 Å². The summed E-state index contributed by atoms with van der Waals surface area (Å²) in [6, 6.07) is 7.14. The molecule has 0 spiro atoms. The molecule has 0 bridgehead atoms. The zero-order chi connectivity index (χ0) is 16.2. The number of carbonyl (C=O) groups excluding carboxylic acids is 2. The summed E-state index contributed by atoms with van der Waals surface area (Å²) in [5.41, 5.74) is 1.37. The van der Waals surface area contributed by atoms with Crippen molar-refractivity contribution in [3.8, 4) is 0 Å². The van der Waals surface area contributed by atoms with Gasteiger partial charge in [0, 0.05) is 18.8 Å². The van der Waals surface area contributed by atoms with Crippen LogP contribution in [0.5, 0.6) is 0 Å². The largest absolute Gasteiger partial charge is 0.472 e. The number of anilines is 1. The number of amides is 2. The van der Waals surface area contributed by atoms with E-state index in [4.69, 9.17) is 4.42 Å². The molecule has 1 unspecified atom stereocenters. The fourth-order valence-electron chi connectivity index (χ4n) is 2.79. The molecule has 3 heterocycles. The maximum atomic E-state index is 12.4. The van der Waals surface area contributed by atoms with E-state index in [1.54, 1.807) is 17.0 Å². The van der Waals surface area contributed by atoms with Crippen LogP contribution >= 0.6 is 0 Å².